The third-order valence-corrected chi connectivity index (χ3v) is 4.09. The lowest BCUT2D eigenvalue weighted by Gasteiger charge is -2.26. The minimum Gasteiger partial charge on any atom is -0.314 e. The number of nitrogens with zero attached hydrogens (tertiary/aromatic N) is 1. The summed E-state index contributed by atoms with van der Waals surface area (Å²) in [6.45, 7) is 3.27. The lowest BCUT2D eigenvalue weighted by molar-refractivity contribution is 0.320. The van der Waals surface area contributed by atoms with Crippen LogP contribution in [0, 0.1) is 5.92 Å². The van der Waals surface area contributed by atoms with E-state index in [4.69, 9.17) is 0 Å². The highest BCUT2D eigenvalue weighted by Gasteiger charge is 2.22. The normalized spacial score (nSPS) is 19.4. The molecule has 2 nitrogen and oxygen atoms in total. The maximum absolute atomic E-state index is 4.48. The van der Waals surface area contributed by atoms with E-state index in [9.17, 15) is 0 Å². The number of likely N-dealkylation sites (N-methyl/N-ethyl adjacent to an activating group) is 1. The summed E-state index contributed by atoms with van der Waals surface area (Å²) in [4.78, 5) is 4.48. The summed E-state index contributed by atoms with van der Waals surface area (Å²) in [5.41, 5.74) is 1.23. The van der Waals surface area contributed by atoms with E-state index in [1.165, 1.54) is 44.2 Å². The van der Waals surface area contributed by atoms with Crippen molar-refractivity contribution in [2.75, 3.05) is 6.54 Å². The largest absolute Gasteiger partial charge is 0.314 e. The van der Waals surface area contributed by atoms with Crippen molar-refractivity contribution < 1.29 is 0 Å². The molecule has 0 bridgehead atoms. The Morgan fingerprint density at radius 3 is 2.61 bits per heavy atom. The molecule has 1 unspecified atom stereocenters. The van der Waals surface area contributed by atoms with Crippen LogP contribution in [-0.4, -0.2) is 17.6 Å². The summed E-state index contributed by atoms with van der Waals surface area (Å²) in [5.74, 6) is 0.842. The molecular formula is C16H26N2. The van der Waals surface area contributed by atoms with Gasteiger partial charge in [-0.15, -0.1) is 0 Å². The Morgan fingerprint density at radius 2 is 2.00 bits per heavy atom. The predicted molar refractivity (Wildman–Crippen MR) is 76.6 cm³/mol. The molecule has 0 radical (unpaired) electrons. The van der Waals surface area contributed by atoms with Crippen LogP contribution in [0.2, 0.25) is 0 Å². The summed E-state index contributed by atoms with van der Waals surface area (Å²) < 4.78 is 0. The van der Waals surface area contributed by atoms with Crippen LogP contribution in [0.1, 0.15) is 51.1 Å². The second-order valence-electron chi connectivity index (χ2n) is 5.44. The summed E-state index contributed by atoms with van der Waals surface area (Å²) >= 11 is 0. The molecule has 2 rings (SSSR count). The lowest BCUT2D eigenvalue weighted by atomic mass is 9.89. The Hall–Kier alpha value is -0.890. The first-order chi connectivity index (χ1) is 8.90. The first kappa shape index (κ1) is 13.5. The molecule has 0 aromatic carbocycles. The van der Waals surface area contributed by atoms with E-state index in [0.717, 1.165) is 18.9 Å². The topological polar surface area (TPSA) is 24.9 Å². The van der Waals surface area contributed by atoms with Crippen LogP contribution in [0.25, 0.3) is 0 Å². The van der Waals surface area contributed by atoms with Gasteiger partial charge in [-0.3, -0.25) is 4.98 Å². The van der Waals surface area contributed by atoms with Gasteiger partial charge in [0.15, 0.2) is 0 Å². The van der Waals surface area contributed by atoms with Crippen molar-refractivity contribution in [3.05, 3.63) is 30.1 Å². The molecule has 1 heterocycles. The van der Waals surface area contributed by atoms with Crippen LogP contribution in [0.5, 0.6) is 0 Å². The number of hydrogen-bond donors (Lipinski definition) is 1. The molecule has 1 aliphatic rings. The van der Waals surface area contributed by atoms with E-state index >= 15 is 0 Å². The molecule has 0 aliphatic heterocycles. The van der Waals surface area contributed by atoms with E-state index in [0.29, 0.717) is 6.04 Å². The fraction of sp³-hybridized carbons (Fsp3) is 0.688. The van der Waals surface area contributed by atoms with E-state index < -0.39 is 0 Å². The van der Waals surface area contributed by atoms with E-state index in [1.54, 1.807) is 0 Å². The number of pyridine rings is 1. The van der Waals surface area contributed by atoms with Gasteiger partial charge in [-0.25, -0.2) is 0 Å². The Bertz CT molecular complexity index is 315. The number of nitrogens with one attached hydrogen (secondary N) is 1. The average molecular weight is 246 g/mol. The maximum atomic E-state index is 4.48. The molecule has 1 N–H and O–H groups in total. The van der Waals surface area contributed by atoms with Gasteiger partial charge in [-0.1, -0.05) is 38.7 Å². The minimum atomic E-state index is 0.614. The molecule has 1 aliphatic carbocycles. The molecule has 1 saturated carbocycles. The Morgan fingerprint density at radius 1 is 1.22 bits per heavy atom. The molecule has 1 atom stereocenters. The van der Waals surface area contributed by atoms with Crippen LogP contribution in [0.4, 0.5) is 0 Å². The van der Waals surface area contributed by atoms with Crippen molar-refractivity contribution in [1.29, 1.82) is 0 Å². The van der Waals surface area contributed by atoms with Crippen molar-refractivity contribution in [3.63, 3.8) is 0 Å². The van der Waals surface area contributed by atoms with Crippen LogP contribution >= 0.6 is 0 Å². The highest BCUT2D eigenvalue weighted by molar-refractivity contribution is 5.06. The van der Waals surface area contributed by atoms with Crippen LogP contribution in [0.15, 0.2) is 24.4 Å². The molecule has 1 aromatic heterocycles. The lowest BCUT2D eigenvalue weighted by Crippen LogP contribution is -2.38. The molecule has 0 saturated heterocycles. The summed E-state index contributed by atoms with van der Waals surface area (Å²) in [5, 5.41) is 3.69. The van der Waals surface area contributed by atoms with Gasteiger partial charge in [-0.2, -0.15) is 0 Å². The highest BCUT2D eigenvalue weighted by atomic mass is 14.9. The van der Waals surface area contributed by atoms with E-state index in [-0.39, 0.29) is 0 Å². The van der Waals surface area contributed by atoms with Gasteiger partial charge in [0.1, 0.15) is 0 Å². The molecular weight excluding hydrogens is 220 g/mol. The van der Waals surface area contributed by atoms with Crippen LogP contribution < -0.4 is 5.32 Å². The first-order valence-electron chi connectivity index (χ1n) is 7.53. The molecule has 100 valence electrons. The number of aromatic nitrogens is 1. The fourth-order valence-corrected chi connectivity index (χ4v) is 3.13. The van der Waals surface area contributed by atoms with E-state index in [2.05, 4.69) is 29.4 Å². The highest BCUT2D eigenvalue weighted by Crippen LogP contribution is 2.26. The zero-order chi connectivity index (χ0) is 12.6. The Labute approximate surface area is 111 Å². The maximum Gasteiger partial charge on any atom is 0.0419 e. The predicted octanol–water partition coefficient (Wildman–Crippen LogP) is 3.57. The van der Waals surface area contributed by atoms with E-state index in [1.807, 2.05) is 12.3 Å². The summed E-state index contributed by atoms with van der Waals surface area (Å²) in [6.07, 6.45) is 11.5. The van der Waals surface area contributed by atoms with Gasteiger partial charge in [0.25, 0.3) is 0 Å². The van der Waals surface area contributed by atoms with Gasteiger partial charge < -0.3 is 5.32 Å². The third-order valence-electron chi connectivity index (χ3n) is 4.09. The van der Waals surface area contributed by atoms with Crippen LogP contribution in [0.3, 0.4) is 0 Å². The second-order valence-corrected chi connectivity index (χ2v) is 5.44. The third kappa shape index (κ3) is 4.09. The van der Waals surface area contributed by atoms with Crippen LogP contribution in [-0.2, 0) is 6.42 Å². The molecule has 1 aromatic rings. The fourth-order valence-electron chi connectivity index (χ4n) is 3.13. The molecule has 18 heavy (non-hydrogen) atoms. The Kier molecular flexibility index (Phi) is 5.66. The molecule has 2 heteroatoms. The zero-order valence-electron chi connectivity index (χ0n) is 11.6. The second kappa shape index (κ2) is 7.52. The van der Waals surface area contributed by atoms with Gasteiger partial charge >= 0.3 is 0 Å². The van der Waals surface area contributed by atoms with Crippen molar-refractivity contribution >= 4 is 0 Å². The van der Waals surface area contributed by atoms with Gasteiger partial charge in [0.2, 0.25) is 0 Å². The SMILES string of the molecule is CCNC(Cc1ccccn1)C1CCCCCC1. The van der Waals surface area contributed by atoms with Crippen molar-refractivity contribution in [2.24, 2.45) is 5.92 Å². The van der Waals surface area contributed by atoms with Crippen molar-refractivity contribution in [2.45, 2.75) is 57.9 Å². The molecule has 1 fully saturated rings. The quantitative estimate of drug-likeness (QED) is 0.803. The zero-order valence-corrected chi connectivity index (χ0v) is 11.6. The van der Waals surface area contributed by atoms with Gasteiger partial charge in [0.05, 0.1) is 0 Å². The number of hydrogen-bond acceptors (Lipinski definition) is 2. The summed E-state index contributed by atoms with van der Waals surface area (Å²) in [7, 11) is 0. The van der Waals surface area contributed by atoms with Crippen molar-refractivity contribution in [1.82, 2.24) is 10.3 Å². The standard InChI is InChI=1S/C16H26N2/c1-2-17-16(13-15-11-7-8-12-18-15)14-9-5-3-4-6-10-14/h7-8,11-12,14,16-17H,2-6,9-10,13H2,1H3. The minimum absolute atomic E-state index is 0.614. The van der Waals surface area contributed by atoms with Crippen molar-refractivity contribution in [3.8, 4) is 0 Å². The Balaban J connectivity index is 1.97. The molecule has 0 amide bonds. The first-order valence-corrected chi connectivity index (χ1v) is 7.53. The van der Waals surface area contributed by atoms with Gasteiger partial charge in [0, 0.05) is 24.4 Å². The van der Waals surface area contributed by atoms with Gasteiger partial charge in [-0.05, 0) is 37.4 Å². The molecule has 0 spiro atoms. The monoisotopic (exact) mass is 246 g/mol. The average Bonchev–Trinajstić information content (AvgIpc) is 2.68. The smallest absolute Gasteiger partial charge is 0.0419 e. The summed E-state index contributed by atoms with van der Waals surface area (Å²) in [6, 6.07) is 6.86. The number of rotatable bonds is 5.